The van der Waals surface area contributed by atoms with Gasteiger partial charge in [-0.15, -0.1) is 0 Å². The first-order valence-electron chi connectivity index (χ1n) is 6.56. The summed E-state index contributed by atoms with van der Waals surface area (Å²) in [7, 11) is 0. The molecule has 1 aliphatic rings. The van der Waals surface area contributed by atoms with Gasteiger partial charge in [0.05, 0.1) is 23.4 Å². The summed E-state index contributed by atoms with van der Waals surface area (Å²) in [6.45, 7) is 1.57. The van der Waals surface area contributed by atoms with E-state index in [1.54, 1.807) is 6.92 Å². The molecular weight excluding hydrogens is 298 g/mol. The van der Waals surface area contributed by atoms with Crippen LogP contribution in [0.15, 0.2) is 36.4 Å². The monoisotopic (exact) mass is 309 g/mol. The standard InChI is InChI=1S/C16H11F4NO/c1-9-2-5-12(8-13(9)17)21-14-7-11(16(18,19)20)4-3-10(14)6-15(21)22/h2-5,7-8H,6H2,1H3. The molecule has 0 saturated heterocycles. The van der Waals surface area contributed by atoms with Crippen LogP contribution < -0.4 is 4.90 Å². The van der Waals surface area contributed by atoms with Gasteiger partial charge >= 0.3 is 6.18 Å². The fourth-order valence-electron chi connectivity index (χ4n) is 2.48. The van der Waals surface area contributed by atoms with Crippen LogP contribution in [0.3, 0.4) is 0 Å². The van der Waals surface area contributed by atoms with Gasteiger partial charge in [0, 0.05) is 0 Å². The van der Waals surface area contributed by atoms with Crippen LogP contribution >= 0.6 is 0 Å². The first-order valence-corrected chi connectivity index (χ1v) is 6.56. The molecule has 6 heteroatoms. The quantitative estimate of drug-likeness (QED) is 0.716. The van der Waals surface area contributed by atoms with Gasteiger partial charge in [-0.25, -0.2) is 4.39 Å². The Bertz CT molecular complexity index is 767. The van der Waals surface area contributed by atoms with Gasteiger partial charge in [0.25, 0.3) is 0 Å². The van der Waals surface area contributed by atoms with Crippen LogP contribution in [0, 0.1) is 12.7 Å². The molecule has 0 aliphatic carbocycles. The Kier molecular flexibility index (Phi) is 3.20. The molecule has 0 N–H and O–H groups in total. The van der Waals surface area contributed by atoms with Crippen molar-refractivity contribution in [2.75, 3.05) is 4.90 Å². The second-order valence-corrected chi connectivity index (χ2v) is 5.18. The van der Waals surface area contributed by atoms with Gasteiger partial charge in [-0.05, 0) is 42.3 Å². The summed E-state index contributed by atoms with van der Waals surface area (Å²) in [6.07, 6.45) is -4.49. The summed E-state index contributed by atoms with van der Waals surface area (Å²) in [5.41, 5.74) is 0.450. The number of hydrogen-bond acceptors (Lipinski definition) is 1. The van der Waals surface area contributed by atoms with Crippen LogP contribution in [0.4, 0.5) is 28.9 Å². The Morgan fingerprint density at radius 1 is 1.09 bits per heavy atom. The first kappa shape index (κ1) is 14.6. The van der Waals surface area contributed by atoms with E-state index >= 15 is 0 Å². The number of halogens is 4. The largest absolute Gasteiger partial charge is 0.416 e. The van der Waals surface area contributed by atoms with E-state index < -0.39 is 17.6 Å². The molecule has 0 spiro atoms. The third kappa shape index (κ3) is 2.34. The average Bonchev–Trinajstić information content (AvgIpc) is 2.76. The van der Waals surface area contributed by atoms with Gasteiger partial charge in [-0.3, -0.25) is 9.69 Å². The Hall–Kier alpha value is -2.37. The molecule has 0 bridgehead atoms. The number of nitrogens with zero attached hydrogens (tertiary/aromatic N) is 1. The molecule has 1 amide bonds. The van der Waals surface area contributed by atoms with Gasteiger partial charge in [0.1, 0.15) is 5.82 Å². The minimum atomic E-state index is -4.50. The SMILES string of the molecule is Cc1ccc(N2C(=O)Cc3ccc(C(F)(F)F)cc32)cc1F. The Labute approximate surface area is 124 Å². The molecule has 0 aromatic heterocycles. The van der Waals surface area contributed by atoms with Crippen molar-refractivity contribution in [1.82, 2.24) is 0 Å². The molecule has 114 valence electrons. The van der Waals surface area contributed by atoms with Crippen molar-refractivity contribution in [2.45, 2.75) is 19.5 Å². The minimum Gasteiger partial charge on any atom is -0.280 e. The van der Waals surface area contributed by atoms with E-state index in [4.69, 9.17) is 0 Å². The lowest BCUT2D eigenvalue weighted by Gasteiger charge is -2.19. The number of rotatable bonds is 1. The number of fused-ring (bicyclic) bond motifs is 1. The van der Waals surface area contributed by atoms with Gasteiger partial charge in [0.2, 0.25) is 5.91 Å². The van der Waals surface area contributed by atoms with E-state index in [0.717, 1.165) is 23.1 Å². The van der Waals surface area contributed by atoms with E-state index in [1.807, 2.05) is 0 Å². The molecule has 0 radical (unpaired) electrons. The highest BCUT2D eigenvalue weighted by molar-refractivity contribution is 6.07. The average molecular weight is 309 g/mol. The number of anilines is 2. The number of alkyl halides is 3. The van der Waals surface area contributed by atoms with Crippen molar-refractivity contribution < 1.29 is 22.4 Å². The zero-order valence-corrected chi connectivity index (χ0v) is 11.5. The topological polar surface area (TPSA) is 20.3 Å². The highest BCUT2D eigenvalue weighted by Crippen LogP contribution is 2.40. The van der Waals surface area contributed by atoms with Crippen LogP contribution in [0.1, 0.15) is 16.7 Å². The maximum Gasteiger partial charge on any atom is 0.416 e. The second-order valence-electron chi connectivity index (χ2n) is 5.18. The predicted molar refractivity (Wildman–Crippen MR) is 73.4 cm³/mol. The summed E-state index contributed by atoms with van der Waals surface area (Å²) in [5.74, 6) is -0.886. The van der Waals surface area contributed by atoms with E-state index in [-0.39, 0.29) is 23.7 Å². The van der Waals surface area contributed by atoms with Crippen molar-refractivity contribution in [3.8, 4) is 0 Å². The maximum absolute atomic E-state index is 13.7. The van der Waals surface area contributed by atoms with Crippen molar-refractivity contribution in [3.05, 3.63) is 58.9 Å². The molecule has 0 fully saturated rings. The Morgan fingerprint density at radius 3 is 2.45 bits per heavy atom. The normalized spacial score (nSPS) is 14.4. The summed E-state index contributed by atoms with van der Waals surface area (Å²) in [5, 5.41) is 0. The van der Waals surface area contributed by atoms with E-state index in [0.29, 0.717) is 11.1 Å². The maximum atomic E-state index is 13.7. The number of amides is 1. The zero-order chi connectivity index (χ0) is 16.1. The number of carbonyl (C=O) groups excluding carboxylic acids is 1. The van der Waals surface area contributed by atoms with Crippen LogP contribution in [-0.2, 0) is 17.4 Å². The van der Waals surface area contributed by atoms with Gasteiger partial charge in [-0.1, -0.05) is 12.1 Å². The molecular formula is C16H11F4NO. The third-order valence-electron chi connectivity index (χ3n) is 3.66. The second kappa shape index (κ2) is 4.83. The van der Waals surface area contributed by atoms with Crippen LogP contribution in [0.5, 0.6) is 0 Å². The lowest BCUT2D eigenvalue weighted by Crippen LogP contribution is -2.21. The van der Waals surface area contributed by atoms with Gasteiger partial charge in [-0.2, -0.15) is 13.2 Å². The minimum absolute atomic E-state index is 0.00294. The molecule has 2 nitrogen and oxygen atoms in total. The lowest BCUT2D eigenvalue weighted by atomic mass is 10.1. The van der Waals surface area contributed by atoms with Crippen LogP contribution in [-0.4, -0.2) is 5.91 Å². The van der Waals surface area contributed by atoms with Crippen LogP contribution in [0.2, 0.25) is 0 Å². The lowest BCUT2D eigenvalue weighted by molar-refractivity contribution is -0.137. The fraction of sp³-hybridized carbons (Fsp3) is 0.188. The molecule has 1 heterocycles. The van der Waals surface area contributed by atoms with Gasteiger partial charge in [0.15, 0.2) is 0 Å². The number of aryl methyl sites for hydroxylation is 1. The predicted octanol–water partition coefficient (Wildman–Crippen LogP) is 4.37. The van der Waals surface area contributed by atoms with E-state index in [9.17, 15) is 22.4 Å². The number of hydrogen-bond donors (Lipinski definition) is 0. The molecule has 0 atom stereocenters. The molecule has 1 aliphatic heterocycles. The summed E-state index contributed by atoms with van der Waals surface area (Å²) >= 11 is 0. The van der Waals surface area contributed by atoms with Gasteiger partial charge < -0.3 is 0 Å². The number of carbonyl (C=O) groups is 1. The Balaban J connectivity index is 2.12. The third-order valence-corrected chi connectivity index (χ3v) is 3.66. The molecule has 0 saturated carbocycles. The summed E-state index contributed by atoms with van der Waals surface area (Å²) in [6, 6.07) is 7.34. The highest BCUT2D eigenvalue weighted by atomic mass is 19.4. The van der Waals surface area contributed by atoms with E-state index in [2.05, 4.69) is 0 Å². The molecule has 3 rings (SSSR count). The van der Waals surface area contributed by atoms with Crippen molar-refractivity contribution >= 4 is 17.3 Å². The zero-order valence-electron chi connectivity index (χ0n) is 11.5. The van der Waals surface area contributed by atoms with Crippen molar-refractivity contribution in [1.29, 1.82) is 0 Å². The molecule has 22 heavy (non-hydrogen) atoms. The summed E-state index contributed by atoms with van der Waals surface area (Å²) < 4.78 is 52.2. The Morgan fingerprint density at radius 2 is 1.82 bits per heavy atom. The van der Waals surface area contributed by atoms with E-state index in [1.165, 1.54) is 18.2 Å². The molecule has 2 aromatic carbocycles. The highest BCUT2D eigenvalue weighted by Gasteiger charge is 2.35. The first-order chi connectivity index (χ1) is 10.3. The number of benzene rings is 2. The van der Waals surface area contributed by atoms with Crippen molar-refractivity contribution in [3.63, 3.8) is 0 Å². The van der Waals surface area contributed by atoms with Crippen LogP contribution in [0.25, 0.3) is 0 Å². The molecule has 0 unspecified atom stereocenters. The van der Waals surface area contributed by atoms with Crippen molar-refractivity contribution in [2.24, 2.45) is 0 Å². The smallest absolute Gasteiger partial charge is 0.280 e. The molecule has 2 aromatic rings. The fourth-order valence-corrected chi connectivity index (χ4v) is 2.48. The summed E-state index contributed by atoms with van der Waals surface area (Å²) in [4.78, 5) is 13.2.